The van der Waals surface area contributed by atoms with Gasteiger partial charge in [-0.05, 0) is 87.1 Å². The number of nitrogens with zero attached hydrogens (tertiary/aromatic N) is 7. The second-order valence-electron chi connectivity index (χ2n) is 16.3. The summed E-state index contributed by atoms with van der Waals surface area (Å²) >= 11 is 0. The van der Waals surface area contributed by atoms with Crippen molar-refractivity contribution >= 4 is 33.7 Å². The van der Waals surface area contributed by atoms with Crippen molar-refractivity contribution in [1.29, 1.82) is 0 Å². The monoisotopic (exact) mass is 681 g/mol. The molecule has 266 valence electrons. The van der Waals surface area contributed by atoms with Crippen molar-refractivity contribution in [3.8, 4) is 22.9 Å². The maximum Gasteiger partial charge on any atom is 0.407 e. The summed E-state index contributed by atoms with van der Waals surface area (Å²) in [5.74, 6) is 2.13. The fourth-order valence-corrected chi connectivity index (χ4v) is 8.56. The Hall–Kier alpha value is -4.12. The molecule has 2 aromatic heterocycles. The maximum absolute atomic E-state index is 11.6. The molecule has 0 atom stereocenters. The molecule has 1 spiro atoms. The summed E-state index contributed by atoms with van der Waals surface area (Å²) in [4.78, 5) is 28.3. The standard InChI is InChI=1S/C39H51N7O4/c1-7-49-34-32(31-28-21-40-44(6)30(28)11-10-29(31)38(2,3)4)26(24-8-9-24)20-27-33(34)41-36(50-25-12-16-43(5)17-13-25)42-35(27)45-18-14-39(15-19-45)22-46(23-39)37(47)48/h10-11,20-21,24-25H,7-9,12-19,22-23H2,1-6H3,(H,47,48). The molecule has 50 heavy (non-hydrogen) atoms. The van der Waals surface area contributed by atoms with E-state index in [1.165, 1.54) is 21.6 Å². The van der Waals surface area contributed by atoms with E-state index in [2.05, 4.69) is 62.7 Å². The van der Waals surface area contributed by atoms with Crippen LogP contribution in [-0.2, 0) is 12.5 Å². The van der Waals surface area contributed by atoms with Gasteiger partial charge in [-0.1, -0.05) is 26.8 Å². The first kappa shape index (κ1) is 33.0. The number of piperidine rings is 2. The Morgan fingerprint density at radius 3 is 2.34 bits per heavy atom. The zero-order valence-electron chi connectivity index (χ0n) is 30.5. The van der Waals surface area contributed by atoms with Crippen molar-refractivity contribution in [2.24, 2.45) is 12.5 Å². The Bertz CT molecular complexity index is 1940. The lowest BCUT2D eigenvalue weighted by atomic mass is 9.72. The van der Waals surface area contributed by atoms with E-state index in [0.717, 1.165) is 104 Å². The Labute approximate surface area is 294 Å². The average Bonchev–Trinajstić information content (AvgIpc) is 3.85. The zero-order valence-corrected chi connectivity index (χ0v) is 30.5. The predicted molar refractivity (Wildman–Crippen MR) is 196 cm³/mol. The molecule has 4 aliphatic rings. The molecule has 1 amide bonds. The second kappa shape index (κ2) is 12.3. The van der Waals surface area contributed by atoms with E-state index in [4.69, 9.17) is 24.5 Å². The molecule has 4 aromatic rings. The Kier molecular flexibility index (Phi) is 8.12. The SMILES string of the molecule is CCOc1c(-c2c(C(C)(C)C)ccc3c2cnn3C)c(C2CC2)cc2c(N3CCC4(CC3)CN(C(=O)O)C4)nc(OC3CCN(C)CC3)nc12. The topological polar surface area (TPSA) is 109 Å². The van der Waals surface area contributed by atoms with Gasteiger partial charge in [-0.2, -0.15) is 15.1 Å². The number of carboxylic acid groups (broad SMARTS) is 1. The fraction of sp³-hybridized carbons (Fsp3) is 0.590. The van der Waals surface area contributed by atoms with Crippen LogP contribution in [0.4, 0.5) is 10.6 Å². The summed E-state index contributed by atoms with van der Waals surface area (Å²) in [6.07, 6.45) is 7.23. The summed E-state index contributed by atoms with van der Waals surface area (Å²) < 4.78 is 15.4. The minimum Gasteiger partial charge on any atom is -0.491 e. The van der Waals surface area contributed by atoms with Crippen LogP contribution in [0.3, 0.4) is 0 Å². The molecular weight excluding hydrogens is 630 g/mol. The van der Waals surface area contributed by atoms with Crippen LogP contribution in [0.5, 0.6) is 11.8 Å². The van der Waals surface area contributed by atoms with E-state index in [-0.39, 0.29) is 16.9 Å². The minimum atomic E-state index is -0.820. The largest absolute Gasteiger partial charge is 0.491 e. The van der Waals surface area contributed by atoms with Crippen molar-refractivity contribution in [2.75, 3.05) is 57.8 Å². The van der Waals surface area contributed by atoms with Gasteiger partial charge < -0.3 is 29.3 Å². The number of likely N-dealkylation sites (tertiary alicyclic amines) is 2. The first-order valence-electron chi connectivity index (χ1n) is 18.5. The highest BCUT2D eigenvalue weighted by molar-refractivity contribution is 6.06. The highest BCUT2D eigenvalue weighted by Gasteiger charge is 2.47. The van der Waals surface area contributed by atoms with E-state index >= 15 is 0 Å². The van der Waals surface area contributed by atoms with Crippen molar-refractivity contribution in [3.63, 3.8) is 0 Å². The number of fused-ring (bicyclic) bond motifs is 2. The molecular formula is C39H51N7O4. The normalized spacial score (nSPS) is 20.1. The van der Waals surface area contributed by atoms with Crippen molar-refractivity contribution in [1.82, 2.24) is 29.5 Å². The van der Waals surface area contributed by atoms with Gasteiger partial charge in [-0.3, -0.25) is 4.68 Å². The first-order chi connectivity index (χ1) is 23.9. The number of hydrogen-bond acceptors (Lipinski definition) is 8. The molecule has 0 radical (unpaired) electrons. The number of rotatable bonds is 7. The van der Waals surface area contributed by atoms with E-state index in [1.807, 2.05) is 17.9 Å². The number of amides is 1. The van der Waals surface area contributed by atoms with Crippen molar-refractivity contribution < 1.29 is 19.4 Å². The Morgan fingerprint density at radius 1 is 0.980 bits per heavy atom. The Balaban J connectivity index is 1.32. The van der Waals surface area contributed by atoms with Crippen LogP contribution in [-0.4, -0.2) is 99.8 Å². The van der Waals surface area contributed by atoms with Gasteiger partial charge in [0.2, 0.25) is 0 Å². The first-order valence-corrected chi connectivity index (χ1v) is 18.5. The van der Waals surface area contributed by atoms with Crippen molar-refractivity contribution in [2.45, 2.75) is 83.7 Å². The van der Waals surface area contributed by atoms with Gasteiger partial charge in [0.05, 0.1) is 18.3 Å². The quantitative estimate of drug-likeness (QED) is 0.225. The number of aromatic nitrogens is 4. The van der Waals surface area contributed by atoms with E-state index in [1.54, 1.807) is 0 Å². The summed E-state index contributed by atoms with van der Waals surface area (Å²) in [5.41, 5.74) is 6.67. The number of ether oxygens (including phenoxy) is 2. The van der Waals surface area contributed by atoms with Crippen molar-refractivity contribution in [3.05, 3.63) is 35.5 Å². The summed E-state index contributed by atoms with van der Waals surface area (Å²) in [7, 11) is 4.16. The second-order valence-corrected chi connectivity index (χ2v) is 16.3. The molecule has 3 saturated heterocycles. The molecule has 11 heteroatoms. The third kappa shape index (κ3) is 5.81. The number of hydrogen-bond donors (Lipinski definition) is 1. The van der Waals surface area contributed by atoms with E-state index in [0.29, 0.717) is 31.6 Å². The average molecular weight is 682 g/mol. The smallest absolute Gasteiger partial charge is 0.407 e. The van der Waals surface area contributed by atoms with Crippen LogP contribution in [0.1, 0.15) is 83.3 Å². The predicted octanol–water partition coefficient (Wildman–Crippen LogP) is 6.81. The lowest BCUT2D eigenvalue weighted by Gasteiger charge is -2.53. The van der Waals surface area contributed by atoms with Gasteiger partial charge in [0.15, 0.2) is 5.75 Å². The third-order valence-corrected chi connectivity index (χ3v) is 11.6. The molecule has 2 aromatic carbocycles. The summed E-state index contributed by atoms with van der Waals surface area (Å²) in [6, 6.07) is 7.23. The van der Waals surface area contributed by atoms with Gasteiger partial charge in [-0.25, -0.2) is 4.79 Å². The molecule has 8 rings (SSSR count). The van der Waals surface area contributed by atoms with Gasteiger partial charge in [0.25, 0.3) is 0 Å². The van der Waals surface area contributed by atoms with Crippen LogP contribution >= 0.6 is 0 Å². The van der Waals surface area contributed by atoms with Crippen LogP contribution in [0.25, 0.3) is 32.9 Å². The molecule has 1 N–H and O–H groups in total. The zero-order chi connectivity index (χ0) is 34.9. The van der Waals surface area contributed by atoms with Crippen LogP contribution in [0.2, 0.25) is 0 Å². The van der Waals surface area contributed by atoms with E-state index in [9.17, 15) is 9.90 Å². The summed E-state index contributed by atoms with van der Waals surface area (Å²) in [5, 5.41) is 16.4. The van der Waals surface area contributed by atoms with Crippen LogP contribution in [0, 0.1) is 5.41 Å². The highest BCUT2D eigenvalue weighted by Crippen LogP contribution is 2.54. The highest BCUT2D eigenvalue weighted by atomic mass is 16.5. The third-order valence-electron chi connectivity index (χ3n) is 11.6. The number of benzene rings is 2. The molecule has 5 heterocycles. The molecule has 0 bridgehead atoms. The van der Waals surface area contributed by atoms with Gasteiger partial charge >= 0.3 is 12.1 Å². The summed E-state index contributed by atoms with van der Waals surface area (Å²) in [6.45, 7) is 14.2. The lowest BCUT2D eigenvalue weighted by molar-refractivity contribution is -0.00643. The molecule has 3 aliphatic heterocycles. The molecule has 1 aliphatic carbocycles. The molecule has 0 unspecified atom stereocenters. The fourth-order valence-electron chi connectivity index (χ4n) is 8.56. The lowest BCUT2D eigenvalue weighted by Crippen LogP contribution is -2.61. The van der Waals surface area contributed by atoms with Crippen LogP contribution in [0.15, 0.2) is 24.4 Å². The Morgan fingerprint density at radius 2 is 1.70 bits per heavy atom. The number of anilines is 1. The molecule has 4 fully saturated rings. The van der Waals surface area contributed by atoms with E-state index < -0.39 is 6.09 Å². The van der Waals surface area contributed by atoms with Crippen LogP contribution < -0.4 is 14.4 Å². The maximum atomic E-state index is 11.6. The number of carbonyl (C=O) groups is 1. The molecule has 11 nitrogen and oxygen atoms in total. The number of aryl methyl sites for hydroxylation is 1. The van der Waals surface area contributed by atoms with Gasteiger partial charge in [-0.15, -0.1) is 0 Å². The molecule has 1 saturated carbocycles. The van der Waals surface area contributed by atoms with Gasteiger partial charge in [0.1, 0.15) is 17.4 Å². The van der Waals surface area contributed by atoms with Gasteiger partial charge in [0, 0.05) is 73.6 Å². The minimum absolute atomic E-state index is 0.0514.